The van der Waals surface area contributed by atoms with Crippen LogP contribution in [0, 0.1) is 0 Å². The molecule has 11 heteroatoms. The van der Waals surface area contributed by atoms with E-state index in [4.69, 9.17) is 24.2 Å². The molecule has 0 aliphatic rings. The number of aliphatic hydroxyl groups is 1. The molecule has 3 heterocycles. The van der Waals surface area contributed by atoms with Crippen molar-refractivity contribution in [1.29, 1.82) is 0 Å². The molecule has 0 bridgehead atoms. The molecule has 45 heavy (non-hydrogen) atoms. The summed E-state index contributed by atoms with van der Waals surface area (Å²) in [4.78, 5) is 9.80. The first-order chi connectivity index (χ1) is 21.0. The fraction of sp³-hybridized carbons (Fsp3) is 0.500. The number of pyridine rings is 2. The summed E-state index contributed by atoms with van der Waals surface area (Å²) in [5.74, 6) is 1.35. The quantitative estimate of drug-likeness (QED) is 0.0925. The number of benzene rings is 1. The summed E-state index contributed by atoms with van der Waals surface area (Å²) in [5, 5.41) is 17.4. The smallest absolute Gasteiger partial charge is 0.200 e. The van der Waals surface area contributed by atoms with Crippen LogP contribution in [0.1, 0.15) is 79.6 Å². The first-order valence-electron chi connectivity index (χ1n) is 15.6. The predicted molar refractivity (Wildman–Crippen MR) is 185 cm³/mol. The standard InChI is InChI=1S/C34H49N5O4SSi/c1-11-19-34(40,38-44(41)32(3,4)5)30-17-14-16-27(37-30)24-20-28-26(29(21-24)42-12-2)22-35-39(28)31-18-13-15-25(36-31)23-43-45(9,10)33(6,7)8/h13-18,20-22,38,40H,11-12,19,23H2,1-10H3/t34-,44?/m0/s1. The predicted octanol–water partition coefficient (Wildman–Crippen LogP) is 7.40. The molecule has 0 amide bonds. The zero-order chi connectivity index (χ0) is 33.2. The van der Waals surface area contributed by atoms with Crippen LogP contribution in [0.3, 0.4) is 0 Å². The van der Waals surface area contributed by atoms with Crippen molar-refractivity contribution in [3.8, 4) is 22.8 Å². The monoisotopic (exact) mass is 651 g/mol. The van der Waals surface area contributed by atoms with Gasteiger partial charge in [0.25, 0.3) is 0 Å². The van der Waals surface area contributed by atoms with E-state index in [1.165, 1.54) is 0 Å². The van der Waals surface area contributed by atoms with E-state index in [9.17, 15) is 9.66 Å². The van der Waals surface area contributed by atoms with Crippen LogP contribution in [0.2, 0.25) is 18.1 Å². The van der Waals surface area contributed by atoms with Crippen molar-refractivity contribution in [3.05, 3.63) is 66.1 Å². The van der Waals surface area contributed by atoms with Crippen molar-refractivity contribution in [2.45, 2.75) is 103 Å². The van der Waals surface area contributed by atoms with Crippen LogP contribution < -0.4 is 9.46 Å². The number of aromatic nitrogens is 4. The highest BCUT2D eigenvalue weighted by Crippen LogP contribution is 2.37. The first-order valence-corrected chi connectivity index (χ1v) is 19.7. The maximum atomic E-state index is 13.0. The number of ether oxygens (including phenoxy) is 1. The lowest BCUT2D eigenvalue weighted by Crippen LogP contribution is -2.51. The fourth-order valence-corrected chi connectivity index (χ4v) is 6.32. The van der Waals surface area contributed by atoms with Crippen LogP contribution in [0.15, 0.2) is 54.7 Å². The van der Waals surface area contributed by atoms with Gasteiger partial charge in [-0.15, -0.1) is 4.72 Å². The van der Waals surface area contributed by atoms with Gasteiger partial charge in [0.1, 0.15) is 10.5 Å². The van der Waals surface area contributed by atoms with E-state index in [0.29, 0.717) is 49.0 Å². The number of nitrogens with one attached hydrogen (secondary N) is 1. The molecule has 0 spiro atoms. The average Bonchev–Trinajstić information content (AvgIpc) is 3.40. The van der Waals surface area contributed by atoms with Gasteiger partial charge in [-0.2, -0.15) is 5.10 Å². The zero-order valence-electron chi connectivity index (χ0n) is 28.4. The molecule has 0 aliphatic carbocycles. The molecular formula is C34H49N5O4SSi. The Balaban J connectivity index is 1.76. The minimum Gasteiger partial charge on any atom is -0.598 e. The van der Waals surface area contributed by atoms with Gasteiger partial charge in [-0.3, -0.25) is 0 Å². The summed E-state index contributed by atoms with van der Waals surface area (Å²) in [6.45, 7) is 21.6. The van der Waals surface area contributed by atoms with Gasteiger partial charge >= 0.3 is 0 Å². The summed E-state index contributed by atoms with van der Waals surface area (Å²) in [5.41, 5.74) is 1.94. The summed E-state index contributed by atoms with van der Waals surface area (Å²) in [6, 6.07) is 15.4. The molecule has 0 saturated heterocycles. The van der Waals surface area contributed by atoms with Crippen molar-refractivity contribution in [3.63, 3.8) is 0 Å². The second kappa shape index (κ2) is 13.5. The number of fused-ring (bicyclic) bond motifs is 1. The third-order valence-corrected chi connectivity index (χ3v) is 14.4. The van der Waals surface area contributed by atoms with Gasteiger partial charge in [-0.25, -0.2) is 14.6 Å². The number of rotatable bonds is 12. The van der Waals surface area contributed by atoms with Gasteiger partial charge in [-0.05, 0) is 88.6 Å². The number of hydrogen-bond acceptors (Lipinski definition) is 8. The lowest BCUT2D eigenvalue weighted by molar-refractivity contribution is 0.0101. The van der Waals surface area contributed by atoms with E-state index in [-0.39, 0.29) is 5.04 Å². The van der Waals surface area contributed by atoms with E-state index < -0.39 is 30.2 Å². The molecule has 1 unspecified atom stereocenters. The van der Waals surface area contributed by atoms with Gasteiger partial charge in [-0.1, -0.05) is 46.2 Å². The summed E-state index contributed by atoms with van der Waals surface area (Å²) in [6.07, 6.45) is 2.81. The van der Waals surface area contributed by atoms with Gasteiger partial charge < -0.3 is 18.8 Å². The zero-order valence-corrected chi connectivity index (χ0v) is 30.2. The third-order valence-electron chi connectivity index (χ3n) is 8.24. The first kappa shape index (κ1) is 35.1. The molecule has 2 N–H and O–H groups in total. The van der Waals surface area contributed by atoms with Gasteiger partial charge in [0, 0.05) is 16.9 Å². The van der Waals surface area contributed by atoms with Crippen LogP contribution in [0.4, 0.5) is 0 Å². The van der Waals surface area contributed by atoms with Crippen LogP contribution in [-0.4, -0.2) is 49.1 Å². The maximum Gasteiger partial charge on any atom is 0.200 e. The van der Waals surface area contributed by atoms with Crippen molar-refractivity contribution in [2.75, 3.05) is 6.61 Å². The molecule has 4 aromatic rings. The van der Waals surface area contributed by atoms with E-state index in [1.807, 2.05) is 81.8 Å². The van der Waals surface area contributed by atoms with Crippen molar-refractivity contribution >= 4 is 30.6 Å². The second-order valence-corrected chi connectivity index (χ2v) is 20.7. The van der Waals surface area contributed by atoms with Crippen molar-refractivity contribution < 1.29 is 18.8 Å². The fourth-order valence-electron chi connectivity index (χ4n) is 4.56. The molecule has 9 nitrogen and oxygen atoms in total. The highest BCUT2D eigenvalue weighted by atomic mass is 32.2. The van der Waals surface area contributed by atoms with E-state index >= 15 is 0 Å². The van der Waals surface area contributed by atoms with Gasteiger partial charge in [0.05, 0.1) is 47.4 Å². The lowest BCUT2D eigenvalue weighted by atomic mass is 10.0. The van der Waals surface area contributed by atoms with E-state index in [1.54, 1.807) is 12.3 Å². The largest absolute Gasteiger partial charge is 0.598 e. The summed E-state index contributed by atoms with van der Waals surface area (Å²) in [7, 11) is -1.94. The molecule has 4 rings (SSSR count). The number of hydrogen-bond donors (Lipinski definition) is 2. The topological polar surface area (TPSA) is 117 Å². The van der Waals surface area contributed by atoms with Crippen LogP contribution >= 0.6 is 0 Å². The normalized spacial score (nSPS) is 14.8. The van der Waals surface area contributed by atoms with Gasteiger partial charge in [0.2, 0.25) is 0 Å². The van der Waals surface area contributed by atoms with Crippen molar-refractivity contribution in [1.82, 2.24) is 24.5 Å². The average molecular weight is 652 g/mol. The molecule has 0 saturated carbocycles. The van der Waals surface area contributed by atoms with Crippen LogP contribution in [0.25, 0.3) is 28.0 Å². The minimum atomic E-state index is -1.94. The summed E-state index contributed by atoms with van der Waals surface area (Å²) < 4.78 is 29.7. The highest BCUT2D eigenvalue weighted by Gasteiger charge is 2.40. The molecule has 0 aliphatic heterocycles. The Morgan fingerprint density at radius 2 is 1.71 bits per heavy atom. The lowest BCUT2D eigenvalue weighted by Gasteiger charge is -2.36. The highest BCUT2D eigenvalue weighted by molar-refractivity contribution is 7.90. The van der Waals surface area contributed by atoms with Crippen molar-refractivity contribution in [2.24, 2.45) is 0 Å². The molecule has 3 aromatic heterocycles. The molecule has 1 aromatic carbocycles. The van der Waals surface area contributed by atoms with E-state index in [0.717, 1.165) is 22.2 Å². The Kier molecular flexibility index (Phi) is 10.5. The Morgan fingerprint density at radius 1 is 1.00 bits per heavy atom. The second-order valence-electron chi connectivity index (χ2n) is 13.9. The Labute approximate surface area is 272 Å². The molecule has 244 valence electrons. The minimum absolute atomic E-state index is 0.103. The Hall–Kier alpha value is -2.80. The number of nitrogens with zero attached hydrogens (tertiary/aromatic N) is 4. The Morgan fingerprint density at radius 3 is 2.36 bits per heavy atom. The molecule has 2 atom stereocenters. The maximum absolute atomic E-state index is 13.0. The molecule has 0 fully saturated rings. The third kappa shape index (κ3) is 7.96. The van der Waals surface area contributed by atoms with Crippen LogP contribution in [0.5, 0.6) is 5.75 Å². The summed E-state index contributed by atoms with van der Waals surface area (Å²) >= 11 is -1.50. The Bertz CT molecular complexity index is 1610. The SMILES string of the molecule is CCC[C@@](O)(N[S+]([O-])C(C)(C)C)c1cccc(-c2cc(OCC)c3cnn(-c4cccc(CO[Si](C)(C)C(C)(C)C)n4)c3c2)n1. The van der Waals surface area contributed by atoms with Crippen LogP contribution in [-0.2, 0) is 28.1 Å². The van der Waals surface area contributed by atoms with E-state index in [2.05, 4.69) is 38.6 Å². The molecule has 0 radical (unpaired) electrons. The molecular weight excluding hydrogens is 603 g/mol. The van der Waals surface area contributed by atoms with Gasteiger partial charge in [0.15, 0.2) is 19.9 Å².